The van der Waals surface area contributed by atoms with Gasteiger partial charge in [-0.2, -0.15) is 5.10 Å². The number of nitrogens with one attached hydrogen (secondary N) is 2. The number of benzene rings is 2. The Labute approximate surface area is 179 Å². The van der Waals surface area contributed by atoms with E-state index in [2.05, 4.69) is 25.7 Å². The van der Waals surface area contributed by atoms with Crippen molar-refractivity contribution in [3.05, 3.63) is 65.7 Å². The maximum absolute atomic E-state index is 13.7. The SMILES string of the molecule is Cc1ccc(-c2cc(-c3nnc(SCC(=O)Nc4ccc(F)cc4F)n3N)[nH]n2)cc1. The molecule has 0 unspecified atom stereocenters. The molecule has 0 atom stereocenters. The fourth-order valence-electron chi connectivity index (χ4n) is 2.77. The number of thioether (sulfide) groups is 1. The molecule has 31 heavy (non-hydrogen) atoms. The van der Waals surface area contributed by atoms with E-state index in [0.717, 1.165) is 40.7 Å². The van der Waals surface area contributed by atoms with Crippen LogP contribution < -0.4 is 11.2 Å². The molecular formula is C20H17F2N7OS. The Bertz CT molecular complexity index is 1240. The third-order valence-electron chi connectivity index (χ3n) is 4.37. The monoisotopic (exact) mass is 441 g/mol. The van der Waals surface area contributed by atoms with Crippen molar-refractivity contribution in [3.63, 3.8) is 0 Å². The molecule has 0 saturated carbocycles. The van der Waals surface area contributed by atoms with Gasteiger partial charge in [0.05, 0.1) is 17.1 Å². The highest BCUT2D eigenvalue weighted by atomic mass is 32.2. The second kappa shape index (κ2) is 8.56. The molecule has 4 N–H and O–H groups in total. The number of amides is 1. The minimum atomic E-state index is -0.855. The molecule has 2 aromatic carbocycles. The van der Waals surface area contributed by atoms with Gasteiger partial charge in [-0.25, -0.2) is 13.5 Å². The van der Waals surface area contributed by atoms with E-state index in [-0.39, 0.29) is 16.6 Å². The smallest absolute Gasteiger partial charge is 0.234 e. The van der Waals surface area contributed by atoms with E-state index in [0.29, 0.717) is 17.6 Å². The Morgan fingerprint density at radius 2 is 1.94 bits per heavy atom. The van der Waals surface area contributed by atoms with Gasteiger partial charge in [-0.05, 0) is 25.1 Å². The molecule has 0 radical (unpaired) electrons. The molecule has 0 saturated heterocycles. The zero-order chi connectivity index (χ0) is 22.0. The summed E-state index contributed by atoms with van der Waals surface area (Å²) in [6.07, 6.45) is 0. The molecule has 158 valence electrons. The van der Waals surface area contributed by atoms with Crippen LogP contribution in [-0.4, -0.2) is 36.7 Å². The van der Waals surface area contributed by atoms with Gasteiger partial charge in [0.15, 0.2) is 0 Å². The van der Waals surface area contributed by atoms with Gasteiger partial charge in [0.1, 0.15) is 17.3 Å². The van der Waals surface area contributed by atoms with Gasteiger partial charge in [0.2, 0.25) is 16.9 Å². The maximum Gasteiger partial charge on any atom is 0.234 e. The highest BCUT2D eigenvalue weighted by molar-refractivity contribution is 7.99. The van der Waals surface area contributed by atoms with E-state index >= 15 is 0 Å². The lowest BCUT2D eigenvalue weighted by molar-refractivity contribution is -0.113. The number of H-pyrrole nitrogens is 1. The van der Waals surface area contributed by atoms with E-state index in [9.17, 15) is 13.6 Å². The molecule has 4 rings (SSSR count). The molecule has 11 heteroatoms. The average Bonchev–Trinajstić information content (AvgIpc) is 3.36. The van der Waals surface area contributed by atoms with Crippen LogP contribution in [0.3, 0.4) is 0 Å². The van der Waals surface area contributed by atoms with E-state index in [1.54, 1.807) is 6.07 Å². The van der Waals surface area contributed by atoms with E-state index in [1.807, 2.05) is 31.2 Å². The summed E-state index contributed by atoms with van der Waals surface area (Å²) >= 11 is 1.03. The van der Waals surface area contributed by atoms with Crippen molar-refractivity contribution in [2.24, 2.45) is 0 Å². The lowest BCUT2D eigenvalue weighted by atomic mass is 10.1. The maximum atomic E-state index is 13.7. The van der Waals surface area contributed by atoms with Gasteiger partial charge in [-0.15, -0.1) is 10.2 Å². The molecular weight excluding hydrogens is 424 g/mol. The average molecular weight is 441 g/mol. The van der Waals surface area contributed by atoms with Crippen molar-refractivity contribution >= 4 is 23.4 Å². The number of nitrogen functional groups attached to an aromatic ring is 1. The summed E-state index contributed by atoms with van der Waals surface area (Å²) in [4.78, 5) is 12.1. The summed E-state index contributed by atoms with van der Waals surface area (Å²) in [6.45, 7) is 2.01. The van der Waals surface area contributed by atoms with Crippen LogP contribution in [0.4, 0.5) is 14.5 Å². The number of nitrogens with zero attached hydrogens (tertiary/aromatic N) is 4. The van der Waals surface area contributed by atoms with E-state index < -0.39 is 17.5 Å². The second-order valence-electron chi connectivity index (χ2n) is 6.67. The van der Waals surface area contributed by atoms with Crippen molar-refractivity contribution in [1.82, 2.24) is 25.1 Å². The third kappa shape index (κ3) is 4.56. The van der Waals surface area contributed by atoms with Gasteiger partial charge in [-0.1, -0.05) is 41.6 Å². The van der Waals surface area contributed by atoms with Crippen molar-refractivity contribution in [2.45, 2.75) is 12.1 Å². The summed E-state index contributed by atoms with van der Waals surface area (Å²) in [7, 11) is 0. The molecule has 0 aliphatic carbocycles. The number of carbonyl (C=O) groups is 1. The molecule has 2 heterocycles. The summed E-state index contributed by atoms with van der Waals surface area (Å²) in [5.74, 6) is 4.25. The number of hydrogen-bond acceptors (Lipinski definition) is 6. The van der Waals surface area contributed by atoms with Crippen LogP contribution in [0.1, 0.15) is 5.56 Å². The molecule has 0 fully saturated rings. The molecule has 8 nitrogen and oxygen atoms in total. The molecule has 2 aromatic heterocycles. The normalized spacial score (nSPS) is 10.9. The number of rotatable bonds is 6. The molecule has 0 aliphatic rings. The summed E-state index contributed by atoms with van der Waals surface area (Å²) in [5, 5.41) is 17.9. The fraction of sp³-hybridized carbons (Fsp3) is 0.100. The standard InChI is InChI=1S/C20H17F2N7OS/c1-11-2-4-12(5-3-11)16-9-17(26-25-16)19-27-28-20(29(19)23)31-10-18(30)24-15-7-6-13(21)8-14(15)22/h2-9H,10,23H2,1H3,(H,24,30)(H,25,26). The summed E-state index contributed by atoms with van der Waals surface area (Å²) < 4.78 is 27.9. The first kappa shape index (κ1) is 20.5. The van der Waals surface area contributed by atoms with E-state index in [4.69, 9.17) is 5.84 Å². The second-order valence-corrected chi connectivity index (χ2v) is 7.61. The number of halogens is 2. The Morgan fingerprint density at radius 3 is 2.68 bits per heavy atom. The predicted molar refractivity (Wildman–Crippen MR) is 114 cm³/mol. The van der Waals surface area contributed by atoms with Gasteiger partial charge in [0.25, 0.3) is 0 Å². The van der Waals surface area contributed by atoms with Crippen LogP contribution in [0.5, 0.6) is 0 Å². The van der Waals surface area contributed by atoms with Gasteiger partial charge >= 0.3 is 0 Å². The zero-order valence-corrected chi connectivity index (χ0v) is 17.1. The van der Waals surface area contributed by atoms with Crippen LogP contribution >= 0.6 is 11.8 Å². The van der Waals surface area contributed by atoms with Crippen molar-refractivity contribution in [3.8, 4) is 22.8 Å². The Morgan fingerprint density at radius 1 is 1.16 bits per heavy atom. The number of hydrogen-bond donors (Lipinski definition) is 3. The number of anilines is 1. The lowest BCUT2D eigenvalue weighted by Gasteiger charge is -2.06. The third-order valence-corrected chi connectivity index (χ3v) is 5.31. The fourth-order valence-corrected chi connectivity index (χ4v) is 3.43. The molecule has 0 bridgehead atoms. The van der Waals surface area contributed by atoms with Crippen molar-refractivity contribution < 1.29 is 13.6 Å². The van der Waals surface area contributed by atoms with Crippen molar-refractivity contribution in [1.29, 1.82) is 0 Å². The molecule has 4 aromatic rings. The van der Waals surface area contributed by atoms with Crippen LogP contribution in [0.15, 0.2) is 53.7 Å². The van der Waals surface area contributed by atoms with Crippen LogP contribution in [0.2, 0.25) is 0 Å². The highest BCUT2D eigenvalue weighted by Crippen LogP contribution is 2.25. The van der Waals surface area contributed by atoms with Crippen LogP contribution in [0, 0.1) is 18.6 Å². The first-order valence-corrected chi connectivity index (χ1v) is 10.1. The van der Waals surface area contributed by atoms with Crippen LogP contribution in [-0.2, 0) is 4.79 Å². The zero-order valence-electron chi connectivity index (χ0n) is 16.3. The largest absolute Gasteiger partial charge is 0.335 e. The lowest BCUT2D eigenvalue weighted by Crippen LogP contribution is -2.17. The highest BCUT2D eigenvalue weighted by Gasteiger charge is 2.17. The summed E-state index contributed by atoms with van der Waals surface area (Å²) in [5.41, 5.74) is 3.27. The minimum Gasteiger partial charge on any atom is -0.335 e. The molecule has 0 aliphatic heterocycles. The number of carbonyl (C=O) groups excluding carboxylic acids is 1. The van der Waals surface area contributed by atoms with Crippen LogP contribution in [0.25, 0.3) is 22.8 Å². The predicted octanol–water partition coefficient (Wildman–Crippen LogP) is 3.37. The molecule has 1 amide bonds. The number of aryl methyl sites for hydroxylation is 1. The Hall–Kier alpha value is -3.73. The van der Waals surface area contributed by atoms with Gasteiger partial charge in [-0.3, -0.25) is 9.89 Å². The van der Waals surface area contributed by atoms with E-state index in [1.165, 1.54) is 4.68 Å². The Kier molecular flexibility index (Phi) is 5.67. The van der Waals surface area contributed by atoms with Gasteiger partial charge < -0.3 is 11.2 Å². The quantitative estimate of drug-likeness (QED) is 0.312. The first-order chi connectivity index (χ1) is 14.9. The topological polar surface area (TPSA) is 115 Å². The number of aromatic nitrogens is 5. The molecule has 0 spiro atoms. The Balaban J connectivity index is 1.42. The number of aromatic amines is 1. The van der Waals surface area contributed by atoms with Crippen molar-refractivity contribution in [2.75, 3.05) is 16.9 Å². The first-order valence-electron chi connectivity index (χ1n) is 9.12. The van der Waals surface area contributed by atoms with Gasteiger partial charge in [0, 0.05) is 11.6 Å². The minimum absolute atomic E-state index is 0.0935. The number of nitrogens with two attached hydrogens (primary N) is 1. The summed E-state index contributed by atoms with van der Waals surface area (Å²) in [6, 6.07) is 12.6.